The van der Waals surface area contributed by atoms with E-state index in [0.717, 1.165) is 40.0 Å². The predicted molar refractivity (Wildman–Crippen MR) is 126 cm³/mol. The molecule has 5 rings (SSSR count). The topological polar surface area (TPSA) is 87.3 Å². The highest BCUT2D eigenvalue weighted by Crippen LogP contribution is 2.41. The number of hydrogen-bond donors (Lipinski definition) is 2. The molecular formula is C22H22Cl2N4O3S. The number of aromatic nitrogens is 2. The van der Waals surface area contributed by atoms with Gasteiger partial charge in [0.1, 0.15) is 0 Å². The molecule has 1 atom stereocenters. The molecule has 10 heteroatoms. The summed E-state index contributed by atoms with van der Waals surface area (Å²) in [6.45, 7) is 4.13. The minimum Gasteiger partial charge on any atom is -0.376 e. The molecular weight excluding hydrogens is 471 g/mol. The number of hydrogen-bond acceptors (Lipinski definition) is 6. The molecule has 2 N–H and O–H groups in total. The van der Waals surface area contributed by atoms with Crippen molar-refractivity contribution in [2.75, 3.05) is 26.7 Å². The summed E-state index contributed by atoms with van der Waals surface area (Å²) in [6.07, 6.45) is 2.01. The lowest BCUT2D eigenvalue weighted by atomic mass is 9.87. The van der Waals surface area contributed by atoms with Crippen molar-refractivity contribution in [3.8, 4) is 0 Å². The van der Waals surface area contributed by atoms with E-state index in [1.165, 1.54) is 11.5 Å². The summed E-state index contributed by atoms with van der Waals surface area (Å²) in [5.74, 6) is 0.0461. The fourth-order valence-corrected chi connectivity index (χ4v) is 6.00. The Hall–Kier alpha value is -1.97. The van der Waals surface area contributed by atoms with Crippen molar-refractivity contribution in [1.29, 1.82) is 0 Å². The molecule has 1 unspecified atom stereocenters. The number of nitrogens with zero attached hydrogens (tertiary/aromatic N) is 2. The van der Waals surface area contributed by atoms with Crippen LogP contribution in [0, 0.1) is 12.8 Å². The third-order valence-corrected chi connectivity index (χ3v) is 8.10. The van der Waals surface area contributed by atoms with Gasteiger partial charge in [-0.1, -0.05) is 23.2 Å². The standard InChI is InChI=1S/C22H22Cl2N4O3S/c1-10-20-14(8-26-32-20)15(21(29)27-10)9-28-4-3-12-16(23)5-13(18(24)17(12)22(28)30)19(31-2)11-6-25-7-11/h5,8,11,19,25H,3-4,6-7,9H2,1-2H3,(H,27,29). The number of ether oxygens (including phenoxy) is 1. The number of carbonyl (C=O) groups is 1. The van der Waals surface area contributed by atoms with E-state index < -0.39 is 0 Å². The average molecular weight is 493 g/mol. The summed E-state index contributed by atoms with van der Waals surface area (Å²) in [6, 6.07) is 1.84. The van der Waals surface area contributed by atoms with Gasteiger partial charge in [-0.3, -0.25) is 9.59 Å². The van der Waals surface area contributed by atoms with Gasteiger partial charge in [0, 0.05) is 66.1 Å². The van der Waals surface area contributed by atoms with Gasteiger partial charge in [0.05, 0.1) is 27.9 Å². The van der Waals surface area contributed by atoms with Gasteiger partial charge in [-0.05, 0) is 36.5 Å². The number of H-pyrrole nitrogens is 1. The Balaban J connectivity index is 1.54. The number of aryl methyl sites for hydroxylation is 1. The molecule has 0 aliphatic carbocycles. The number of carbonyl (C=O) groups excluding carboxylic acids is 1. The first-order valence-corrected chi connectivity index (χ1v) is 11.9. The van der Waals surface area contributed by atoms with Crippen molar-refractivity contribution < 1.29 is 9.53 Å². The van der Waals surface area contributed by atoms with E-state index in [0.29, 0.717) is 34.1 Å². The van der Waals surface area contributed by atoms with Crippen molar-refractivity contribution in [1.82, 2.24) is 19.6 Å². The molecule has 1 saturated heterocycles. The van der Waals surface area contributed by atoms with E-state index in [-0.39, 0.29) is 30.0 Å². The number of aromatic amines is 1. The van der Waals surface area contributed by atoms with Gasteiger partial charge in [-0.15, -0.1) is 0 Å². The van der Waals surface area contributed by atoms with Crippen LogP contribution in [0.15, 0.2) is 17.1 Å². The van der Waals surface area contributed by atoms with Gasteiger partial charge >= 0.3 is 0 Å². The molecule has 0 saturated carbocycles. The van der Waals surface area contributed by atoms with Gasteiger partial charge < -0.3 is 19.9 Å². The molecule has 2 aromatic heterocycles. The molecule has 1 aromatic carbocycles. The van der Waals surface area contributed by atoms with Crippen LogP contribution in [-0.2, 0) is 17.7 Å². The zero-order valence-electron chi connectivity index (χ0n) is 17.6. The highest BCUT2D eigenvalue weighted by Gasteiger charge is 2.35. The predicted octanol–water partition coefficient (Wildman–Crippen LogP) is 3.71. The fraction of sp³-hybridized carbons (Fsp3) is 0.409. The zero-order chi connectivity index (χ0) is 22.6. The Morgan fingerprint density at radius 3 is 2.81 bits per heavy atom. The first-order valence-electron chi connectivity index (χ1n) is 10.4. The maximum atomic E-state index is 13.6. The summed E-state index contributed by atoms with van der Waals surface area (Å²) in [4.78, 5) is 30.8. The lowest BCUT2D eigenvalue weighted by Crippen LogP contribution is -2.46. The summed E-state index contributed by atoms with van der Waals surface area (Å²) < 4.78 is 10.9. The van der Waals surface area contributed by atoms with Crippen molar-refractivity contribution in [3.63, 3.8) is 0 Å². The fourth-order valence-electron chi connectivity index (χ4n) is 4.61. The molecule has 4 heterocycles. The number of halogens is 2. The van der Waals surface area contributed by atoms with E-state index in [1.807, 2.05) is 13.0 Å². The molecule has 2 aliphatic rings. The summed E-state index contributed by atoms with van der Waals surface area (Å²) in [5, 5.41) is 4.94. The minimum absolute atomic E-state index is 0.182. The second-order valence-corrected chi connectivity index (χ2v) is 9.88. The van der Waals surface area contributed by atoms with Crippen LogP contribution in [0.3, 0.4) is 0 Å². The van der Waals surface area contributed by atoms with E-state index >= 15 is 0 Å². The normalized spacial score (nSPS) is 17.5. The Morgan fingerprint density at radius 1 is 1.34 bits per heavy atom. The van der Waals surface area contributed by atoms with Gasteiger partial charge in [0.25, 0.3) is 11.5 Å². The Kier molecular flexibility index (Phi) is 5.75. The minimum atomic E-state index is -0.244. The molecule has 2 aliphatic heterocycles. The number of fused-ring (bicyclic) bond motifs is 2. The van der Waals surface area contributed by atoms with Crippen LogP contribution in [-0.4, -0.2) is 46.9 Å². The third kappa shape index (κ3) is 3.45. The summed E-state index contributed by atoms with van der Waals surface area (Å²) in [5.41, 5.74) is 3.01. The smallest absolute Gasteiger partial charge is 0.256 e. The van der Waals surface area contributed by atoms with Crippen molar-refractivity contribution in [2.24, 2.45) is 5.92 Å². The Bertz CT molecular complexity index is 1280. The van der Waals surface area contributed by atoms with Gasteiger partial charge in [0.2, 0.25) is 0 Å². The molecule has 1 fully saturated rings. The highest BCUT2D eigenvalue weighted by atomic mass is 35.5. The SMILES string of the molecule is COC(c1cc(Cl)c2c(c1Cl)C(=O)N(Cc1c(=O)[nH]c(C)c3sncc13)CC2)C1CNC1. The lowest BCUT2D eigenvalue weighted by Gasteiger charge is -2.36. The Morgan fingerprint density at radius 2 is 2.12 bits per heavy atom. The average Bonchev–Trinajstić information content (AvgIpc) is 3.22. The number of amides is 1. The number of benzene rings is 1. The van der Waals surface area contributed by atoms with Crippen LogP contribution in [0.2, 0.25) is 10.0 Å². The van der Waals surface area contributed by atoms with E-state index in [9.17, 15) is 9.59 Å². The van der Waals surface area contributed by atoms with E-state index in [1.54, 1.807) is 18.2 Å². The maximum Gasteiger partial charge on any atom is 0.256 e. The van der Waals surface area contributed by atoms with Crippen LogP contribution in [0.1, 0.15) is 38.8 Å². The van der Waals surface area contributed by atoms with Crippen molar-refractivity contribution in [3.05, 3.63) is 60.6 Å². The molecule has 7 nitrogen and oxygen atoms in total. The summed E-state index contributed by atoms with van der Waals surface area (Å²) in [7, 11) is 1.64. The molecule has 0 radical (unpaired) electrons. The first kappa shape index (κ1) is 21.9. The quantitative estimate of drug-likeness (QED) is 0.566. The van der Waals surface area contributed by atoms with Crippen LogP contribution in [0.4, 0.5) is 0 Å². The van der Waals surface area contributed by atoms with Crippen LogP contribution >= 0.6 is 34.7 Å². The number of methoxy groups -OCH3 is 1. The van der Waals surface area contributed by atoms with Crippen molar-refractivity contribution in [2.45, 2.75) is 26.0 Å². The van der Waals surface area contributed by atoms with Gasteiger partial charge in [0.15, 0.2) is 0 Å². The van der Waals surface area contributed by atoms with Crippen molar-refractivity contribution >= 4 is 50.7 Å². The van der Waals surface area contributed by atoms with Crippen LogP contribution < -0.4 is 10.9 Å². The van der Waals surface area contributed by atoms with E-state index in [2.05, 4.69) is 14.7 Å². The monoisotopic (exact) mass is 492 g/mol. The first-order chi connectivity index (χ1) is 15.4. The number of nitrogens with one attached hydrogen (secondary N) is 2. The van der Waals surface area contributed by atoms with E-state index in [4.69, 9.17) is 27.9 Å². The van der Waals surface area contributed by atoms with Gasteiger partial charge in [-0.2, -0.15) is 4.37 Å². The number of rotatable bonds is 5. The molecule has 0 spiro atoms. The molecule has 1 amide bonds. The zero-order valence-corrected chi connectivity index (χ0v) is 20.0. The lowest BCUT2D eigenvalue weighted by molar-refractivity contribution is 0.0292. The largest absolute Gasteiger partial charge is 0.376 e. The maximum absolute atomic E-state index is 13.6. The molecule has 168 valence electrons. The molecule has 0 bridgehead atoms. The highest BCUT2D eigenvalue weighted by molar-refractivity contribution is 7.13. The molecule has 32 heavy (non-hydrogen) atoms. The Labute approximate surface area is 198 Å². The second-order valence-electron chi connectivity index (χ2n) is 8.29. The third-order valence-electron chi connectivity index (χ3n) is 6.44. The van der Waals surface area contributed by atoms with Gasteiger partial charge in [-0.25, -0.2) is 0 Å². The molecule has 3 aromatic rings. The van der Waals surface area contributed by atoms with Crippen LogP contribution in [0.5, 0.6) is 0 Å². The summed E-state index contributed by atoms with van der Waals surface area (Å²) >= 11 is 14.7. The number of pyridine rings is 1. The van der Waals surface area contributed by atoms with Crippen LogP contribution in [0.25, 0.3) is 10.1 Å². The second kappa shape index (κ2) is 8.43.